The van der Waals surface area contributed by atoms with Crippen LogP contribution in [0, 0.1) is 0 Å². The van der Waals surface area contributed by atoms with Gasteiger partial charge in [-0.25, -0.2) is 4.39 Å². The Morgan fingerprint density at radius 3 is 2.78 bits per heavy atom. The summed E-state index contributed by atoms with van der Waals surface area (Å²) in [5.74, 6) is 0. The summed E-state index contributed by atoms with van der Waals surface area (Å²) in [6, 6.07) is 0.162. The topological polar surface area (TPSA) is 12.0 Å². The highest BCUT2D eigenvalue weighted by atomic mass is 19.1. The third-order valence-electron chi connectivity index (χ3n) is 1.90. The quantitative estimate of drug-likeness (QED) is 0.598. The molecule has 0 aromatic rings. The number of hydrogen-bond acceptors (Lipinski definition) is 1. The van der Waals surface area contributed by atoms with E-state index in [1.54, 1.807) is 0 Å². The van der Waals surface area contributed by atoms with Crippen molar-refractivity contribution in [1.82, 2.24) is 5.32 Å². The molecule has 9 heavy (non-hydrogen) atoms. The van der Waals surface area contributed by atoms with Gasteiger partial charge in [0.2, 0.25) is 0 Å². The smallest absolute Gasteiger partial charge is 0.115 e. The second-order valence-electron chi connectivity index (χ2n) is 2.61. The summed E-state index contributed by atoms with van der Waals surface area (Å²) in [6.07, 6.45) is 2.26. The lowest BCUT2D eigenvalue weighted by Gasteiger charge is -2.11. The van der Waals surface area contributed by atoms with Gasteiger partial charge in [-0.15, -0.1) is 0 Å². The number of nitrogens with one attached hydrogen (secondary N) is 1. The standard InChI is InChI=1S/C7H14FN/c1-2-9-7-5-3-4-6(7)8/h6-7,9H,2-5H2,1H3/t6-,7+/m0/s1. The number of hydrogen-bond donors (Lipinski definition) is 1. The molecule has 0 unspecified atom stereocenters. The summed E-state index contributed by atoms with van der Waals surface area (Å²) in [4.78, 5) is 0. The molecule has 1 rings (SSSR count). The molecule has 1 aliphatic carbocycles. The Labute approximate surface area is 55.6 Å². The molecule has 0 saturated heterocycles. The van der Waals surface area contributed by atoms with E-state index in [1.807, 2.05) is 6.92 Å². The number of rotatable bonds is 2. The molecule has 0 amide bonds. The van der Waals surface area contributed by atoms with Crippen LogP contribution in [0.3, 0.4) is 0 Å². The lowest BCUT2D eigenvalue weighted by molar-refractivity contribution is 0.283. The van der Waals surface area contributed by atoms with Gasteiger partial charge < -0.3 is 5.32 Å². The van der Waals surface area contributed by atoms with Gasteiger partial charge in [-0.3, -0.25) is 0 Å². The Hall–Kier alpha value is -0.110. The van der Waals surface area contributed by atoms with Gasteiger partial charge in [-0.1, -0.05) is 6.92 Å². The average Bonchev–Trinajstić information content (AvgIpc) is 2.18. The van der Waals surface area contributed by atoms with Crippen molar-refractivity contribution in [3.8, 4) is 0 Å². The molecule has 0 bridgehead atoms. The first-order chi connectivity index (χ1) is 4.34. The maximum atomic E-state index is 12.7. The Kier molecular flexibility index (Phi) is 2.46. The molecule has 0 radical (unpaired) electrons. The molecule has 0 spiro atoms. The molecular formula is C7H14FN. The summed E-state index contributed by atoms with van der Waals surface area (Å²) in [6.45, 7) is 2.91. The maximum absolute atomic E-state index is 12.7. The summed E-state index contributed by atoms with van der Waals surface area (Å²) in [5, 5.41) is 3.12. The van der Waals surface area contributed by atoms with E-state index in [-0.39, 0.29) is 6.04 Å². The molecule has 0 aromatic heterocycles. The van der Waals surface area contributed by atoms with Crippen LogP contribution in [0.2, 0.25) is 0 Å². The first-order valence-corrected chi connectivity index (χ1v) is 3.72. The van der Waals surface area contributed by atoms with Crippen LogP contribution >= 0.6 is 0 Å². The van der Waals surface area contributed by atoms with Gasteiger partial charge in [0.1, 0.15) is 6.17 Å². The third kappa shape index (κ3) is 1.65. The van der Waals surface area contributed by atoms with E-state index in [0.29, 0.717) is 0 Å². The molecule has 1 fully saturated rings. The molecule has 2 atom stereocenters. The highest BCUT2D eigenvalue weighted by molar-refractivity contribution is 4.82. The first kappa shape index (κ1) is 7.00. The van der Waals surface area contributed by atoms with Gasteiger partial charge in [0, 0.05) is 6.04 Å². The van der Waals surface area contributed by atoms with Crippen molar-refractivity contribution in [1.29, 1.82) is 0 Å². The molecule has 2 heteroatoms. The van der Waals surface area contributed by atoms with E-state index >= 15 is 0 Å². The minimum Gasteiger partial charge on any atom is -0.311 e. The van der Waals surface area contributed by atoms with E-state index in [9.17, 15) is 4.39 Å². The van der Waals surface area contributed by atoms with Crippen LogP contribution in [0.15, 0.2) is 0 Å². The van der Waals surface area contributed by atoms with E-state index in [4.69, 9.17) is 0 Å². The highest BCUT2D eigenvalue weighted by Crippen LogP contribution is 2.21. The highest BCUT2D eigenvalue weighted by Gasteiger charge is 2.25. The van der Waals surface area contributed by atoms with Crippen LogP contribution in [-0.4, -0.2) is 18.8 Å². The predicted octanol–water partition coefficient (Wildman–Crippen LogP) is 1.49. The number of alkyl halides is 1. The fourth-order valence-electron chi connectivity index (χ4n) is 1.41. The molecule has 1 nitrogen and oxygen atoms in total. The number of halogens is 1. The lowest BCUT2D eigenvalue weighted by Crippen LogP contribution is -2.32. The van der Waals surface area contributed by atoms with Gasteiger partial charge >= 0.3 is 0 Å². The molecule has 1 saturated carbocycles. The zero-order valence-electron chi connectivity index (χ0n) is 5.86. The van der Waals surface area contributed by atoms with Gasteiger partial charge in [0.25, 0.3) is 0 Å². The summed E-state index contributed by atoms with van der Waals surface area (Å²) in [5.41, 5.74) is 0. The molecule has 1 N–H and O–H groups in total. The van der Waals surface area contributed by atoms with Gasteiger partial charge in [0.05, 0.1) is 0 Å². The summed E-state index contributed by atoms with van der Waals surface area (Å²) in [7, 11) is 0. The summed E-state index contributed by atoms with van der Waals surface area (Å²) < 4.78 is 12.7. The Bertz CT molecular complexity index is 85.0. The second-order valence-corrected chi connectivity index (χ2v) is 2.61. The monoisotopic (exact) mass is 131 g/mol. The van der Waals surface area contributed by atoms with Crippen molar-refractivity contribution in [2.45, 2.75) is 38.4 Å². The van der Waals surface area contributed by atoms with Crippen LogP contribution in [-0.2, 0) is 0 Å². The molecular weight excluding hydrogens is 117 g/mol. The minimum absolute atomic E-state index is 0.162. The SMILES string of the molecule is CCN[C@@H]1CCC[C@@H]1F. The Morgan fingerprint density at radius 2 is 2.33 bits per heavy atom. The Balaban J connectivity index is 2.22. The Morgan fingerprint density at radius 1 is 1.56 bits per heavy atom. The van der Waals surface area contributed by atoms with Crippen molar-refractivity contribution in [3.63, 3.8) is 0 Å². The van der Waals surface area contributed by atoms with E-state index in [2.05, 4.69) is 5.32 Å². The van der Waals surface area contributed by atoms with Crippen LogP contribution < -0.4 is 5.32 Å². The maximum Gasteiger partial charge on any atom is 0.115 e. The van der Waals surface area contributed by atoms with E-state index in [0.717, 1.165) is 25.8 Å². The van der Waals surface area contributed by atoms with Crippen molar-refractivity contribution in [2.75, 3.05) is 6.54 Å². The van der Waals surface area contributed by atoms with Crippen LogP contribution in [0.5, 0.6) is 0 Å². The zero-order valence-corrected chi connectivity index (χ0v) is 5.86. The van der Waals surface area contributed by atoms with Crippen molar-refractivity contribution in [2.24, 2.45) is 0 Å². The molecule has 1 aliphatic rings. The molecule has 0 heterocycles. The molecule has 54 valence electrons. The van der Waals surface area contributed by atoms with Crippen molar-refractivity contribution in [3.05, 3.63) is 0 Å². The fraction of sp³-hybridized carbons (Fsp3) is 1.00. The van der Waals surface area contributed by atoms with Crippen LogP contribution in [0.25, 0.3) is 0 Å². The van der Waals surface area contributed by atoms with Gasteiger partial charge in [0.15, 0.2) is 0 Å². The zero-order chi connectivity index (χ0) is 6.69. The second kappa shape index (κ2) is 3.16. The average molecular weight is 131 g/mol. The molecule has 0 aliphatic heterocycles. The van der Waals surface area contributed by atoms with Crippen molar-refractivity contribution >= 4 is 0 Å². The minimum atomic E-state index is -0.579. The predicted molar refractivity (Wildman–Crippen MR) is 36.2 cm³/mol. The summed E-state index contributed by atoms with van der Waals surface area (Å²) >= 11 is 0. The van der Waals surface area contributed by atoms with E-state index < -0.39 is 6.17 Å². The first-order valence-electron chi connectivity index (χ1n) is 3.72. The third-order valence-corrected chi connectivity index (χ3v) is 1.90. The van der Waals surface area contributed by atoms with Crippen LogP contribution in [0.1, 0.15) is 26.2 Å². The van der Waals surface area contributed by atoms with Crippen molar-refractivity contribution < 1.29 is 4.39 Å². The normalized spacial score (nSPS) is 35.3. The van der Waals surface area contributed by atoms with Gasteiger partial charge in [-0.2, -0.15) is 0 Å². The largest absolute Gasteiger partial charge is 0.311 e. The van der Waals surface area contributed by atoms with Crippen LogP contribution in [0.4, 0.5) is 4.39 Å². The lowest BCUT2D eigenvalue weighted by atomic mass is 10.2. The fourth-order valence-corrected chi connectivity index (χ4v) is 1.41. The van der Waals surface area contributed by atoms with E-state index in [1.165, 1.54) is 0 Å². The van der Waals surface area contributed by atoms with Gasteiger partial charge in [-0.05, 0) is 25.8 Å². The molecule has 0 aromatic carbocycles.